The van der Waals surface area contributed by atoms with Crippen molar-refractivity contribution in [1.82, 2.24) is 0 Å². The first kappa shape index (κ1) is 23.8. The average molecular weight is 447 g/mol. The summed E-state index contributed by atoms with van der Waals surface area (Å²) >= 11 is 0. The third kappa shape index (κ3) is 324. The maximum absolute atomic E-state index is 8.88. The Balaban J connectivity index is -0.0000000178. The molecule has 12 heteroatoms. The molecular weight excluding hydrogens is 438 g/mol. The van der Waals surface area contributed by atoms with Gasteiger partial charge in [-0.05, 0) is 0 Å². The molecule has 0 aliphatic carbocycles. The molecule has 0 fully saturated rings. The molecule has 0 saturated carbocycles. The maximum atomic E-state index is 8.88. The van der Waals surface area contributed by atoms with Gasteiger partial charge in [-0.1, -0.05) is 0 Å². The fourth-order valence-corrected chi connectivity index (χ4v) is 0. The molecule has 12 heavy (non-hydrogen) atoms. The minimum atomic E-state index is -4.67. The molecule has 8 nitrogen and oxygen atoms in total. The predicted octanol–water partition coefficient (Wildman–Crippen LogP) is -2.65. The van der Waals surface area contributed by atoms with E-state index >= 15 is 0 Å². The summed E-state index contributed by atoms with van der Waals surface area (Å²) in [5.41, 5.74) is 0. The van der Waals surface area contributed by atoms with Crippen molar-refractivity contribution in [3.8, 4) is 0 Å². The van der Waals surface area contributed by atoms with Gasteiger partial charge in [0.15, 0.2) is 0 Å². The fourth-order valence-electron chi connectivity index (χ4n) is 0. The molecule has 0 aromatic carbocycles. The summed E-state index contributed by atoms with van der Waals surface area (Å²) < 4.78 is 40.5. The molecule has 0 aromatic heterocycles. The SMILES string of the molecule is O=P(O)(O)O.O=S(=O)(O)O.[Ca+2].[H-].[H-].[PbH2]. The summed E-state index contributed by atoms with van der Waals surface area (Å²) in [6.07, 6.45) is 0. The van der Waals surface area contributed by atoms with Crippen LogP contribution in [-0.2, 0) is 15.0 Å². The molecule has 5 N–H and O–H groups in total. The Morgan fingerprint density at radius 2 is 1.08 bits per heavy atom. The van der Waals surface area contributed by atoms with Crippen LogP contribution in [0.15, 0.2) is 0 Å². The molecule has 0 aliphatic rings. The molecular formula is H9CaO8PPbS. The monoisotopic (exact) mass is 448 g/mol. The van der Waals surface area contributed by atoms with Crippen LogP contribution in [0.25, 0.3) is 0 Å². The van der Waals surface area contributed by atoms with Crippen LogP contribution in [0.4, 0.5) is 0 Å². The van der Waals surface area contributed by atoms with Crippen LogP contribution < -0.4 is 0 Å². The van der Waals surface area contributed by atoms with Crippen LogP contribution in [0.1, 0.15) is 2.85 Å². The second kappa shape index (κ2) is 9.71. The molecule has 0 heterocycles. The molecule has 74 valence electrons. The van der Waals surface area contributed by atoms with Crippen LogP contribution in [0.2, 0.25) is 0 Å². The van der Waals surface area contributed by atoms with Crippen LogP contribution in [-0.4, -0.2) is 97.2 Å². The van der Waals surface area contributed by atoms with Crippen molar-refractivity contribution in [3.05, 3.63) is 0 Å². The van der Waals surface area contributed by atoms with Crippen molar-refractivity contribution in [2.75, 3.05) is 0 Å². The Labute approximate surface area is 121 Å². The van der Waals surface area contributed by atoms with Crippen LogP contribution in [0, 0.1) is 0 Å². The average Bonchev–Trinajstić information content (AvgIpc) is 1.12. The Hall–Kier alpha value is 2.16. The first-order valence-corrected chi connectivity index (χ1v) is 4.44. The standard InChI is InChI=1S/Ca.H3O4P.H2O4S.Pb.4H/c;2*1-5(2,3)4;;;;;/h;(H3,1,2,3,4);(H2,1,2,3,4);;;;;/q+2;;;;;;2*-1. The van der Waals surface area contributed by atoms with Gasteiger partial charge in [-0.15, -0.1) is 0 Å². The Kier molecular flexibility index (Phi) is 19.2. The molecule has 0 amide bonds. The summed E-state index contributed by atoms with van der Waals surface area (Å²) in [6.45, 7) is 0. The van der Waals surface area contributed by atoms with Gasteiger partial charge in [0, 0.05) is 0 Å². The van der Waals surface area contributed by atoms with Crippen LogP contribution >= 0.6 is 7.82 Å². The van der Waals surface area contributed by atoms with E-state index < -0.39 is 18.2 Å². The van der Waals surface area contributed by atoms with Crippen LogP contribution in [0.3, 0.4) is 0 Å². The normalized spacial score (nSPS) is 9.75. The van der Waals surface area contributed by atoms with Crippen molar-refractivity contribution >= 4 is 83.3 Å². The van der Waals surface area contributed by atoms with Gasteiger partial charge in [0.25, 0.3) is 0 Å². The van der Waals surface area contributed by atoms with Crippen molar-refractivity contribution in [3.63, 3.8) is 0 Å². The third-order valence-corrected chi connectivity index (χ3v) is 0. The van der Waals surface area contributed by atoms with Gasteiger partial charge < -0.3 is 17.5 Å². The number of hydrogen-bond acceptors (Lipinski definition) is 3. The first-order chi connectivity index (χ1) is 4.00. The molecule has 0 saturated heterocycles. The summed E-state index contributed by atoms with van der Waals surface area (Å²) in [4.78, 5) is 21.6. The van der Waals surface area contributed by atoms with E-state index in [1.807, 2.05) is 0 Å². The van der Waals surface area contributed by atoms with Crippen molar-refractivity contribution in [2.24, 2.45) is 0 Å². The second-order valence-corrected chi connectivity index (χ2v) is 2.88. The summed E-state index contributed by atoms with van der Waals surface area (Å²) in [5.74, 6) is 0. The Morgan fingerprint density at radius 1 is 1.08 bits per heavy atom. The van der Waals surface area contributed by atoms with Gasteiger partial charge >= 0.3 is 83.3 Å². The van der Waals surface area contributed by atoms with Gasteiger partial charge in [-0.2, -0.15) is 8.42 Å². The van der Waals surface area contributed by atoms with E-state index in [-0.39, 0.29) is 67.9 Å². The summed E-state index contributed by atoms with van der Waals surface area (Å²) in [7, 11) is -9.31. The van der Waals surface area contributed by atoms with E-state index in [1.165, 1.54) is 0 Å². The van der Waals surface area contributed by atoms with E-state index in [9.17, 15) is 0 Å². The molecule has 0 unspecified atom stereocenters. The molecule has 0 rings (SSSR count). The molecule has 0 bridgehead atoms. The van der Waals surface area contributed by atoms with E-state index in [0.29, 0.717) is 0 Å². The first-order valence-electron chi connectivity index (χ1n) is 1.48. The Bertz CT molecular complexity index is 205. The molecule has 0 aromatic rings. The zero-order valence-corrected chi connectivity index (χ0v) is 15.1. The van der Waals surface area contributed by atoms with Crippen molar-refractivity contribution in [1.29, 1.82) is 0 Å². The molecule has 0 atom stereocenters. The van der Waals surface area contributed by atoms with Gasteiger partial charge in [0.2, 0.25) is 0 Å². The van der Waals surface area contributed by atoms with Gasteiger partial charge in [0.1, 0.15) is 0 Å². The topological polar surface area (TPSA) is 152 Å². The van der Waals surface area contributed by atoms with Gasteiger partial charge in [-0.3, -0.25) is 9.11 Å². The zero-order chi connectivity index (χ0) is 9.00. The van der Waals surface area contributed by atoms with Crippen LogP contribution in [0.5, 0.6) is 0 Å². The third-order valence-electron chi connectivity index (χ3n) is 0. The van der Waals surface area contributed by atoms with E-state index in [0.717, 1.165) is 0 Å². The Morgan fingerprint density at radius 3 is 1.08 bits per heavy atom. The quantitative estimate of drug-likeness (QED) is 0.153. The van der Waals surface area contributed by atoms with E-state index in [1.54, 1.807) is 0 Å². The van der Waals surface area contributed by atoms with E-state index in [2.05, 4.69) is 0 Å². The number of rotatable bonds is 0. The summed E-state index contributed by atoms with van der Waals surface area (Å²) in [5, 5.41) is 0. The minimum absolute atomic E-state index is 0. The van der Waals surface area contributed by atoms with Crippen molar-refractivity contribution in [2.45, 2.75) is 0 Å². The second-order valence-electron chi connectivity index (χ2n) is 0.961. The number of phosphoric acid groups is 1. The van der Waals surface area contributed by atoms with E-state index in [4.69, 9.17) is 36.8 Å². The molecule has 2 radical (unpaired) electrons. The summed E-state index contributed by atoms with van der Waals surface area (Å²) in [6, 6.07) is 0. The predicted molar refractivity (Wildman–Crippen MR) is 45.0 cm³/mol. The van der Waals surface area contributed by atoms with Gasteiger partial charge in [0.05, 0.1) is 0 Å². The van der Waals surface area contributed by atoms with Crippen molar-refractivity contribution < 1.29 is 39.6 Å². The zero-order valence-electron chi connectivity index (χ0n) is 7.73. The fraction of sp³-hybridized carbons (Fsp3) is 0. The van der Waals surface area contributed by atoms with Gasteiger partial charge in [-0.25, -0.2) is 4.57 Å². The molecule has 0 aliphatic heterocycles. The molecule has 0 spiro atoms. The number of hydrogen-bond donors (Lipinski definition) is 5.